The molecule has 0 aliphatic carbocycles. The smallest absolute Gasteiger partial charge is 0.249 e. The van der Waals surface area contributed by atoms with Gasteiger partial charge in [-0.3, -0.25) is 4.79 Å². The Morgan fingerprint density at radius 3 is 2.53 bits per heavy atom. The van der Waals surface area contributed by atoms with Crippen molar-refractivity contribution in [3.8, 4) is 0 Å². The molecule has 0 aromatic carbocycles. The van der Waals surface area contributed by atoms with Crippen LogP contribution in [0.25, 0.3) is 0 Å². The first kappa shape index (κ1) is 14.0. The highest BCUT2D eigenvalue weighted by Gasteiger charge is 2.46. The van der Waals surface area contributed by atoms with E-state index < -0.39 is 15.6 Å². The molecule has 7 nitrogen and oxygen atoms in total. The van der Waals surface area contributed by atoms with Gasteiger partial charge >= 0.3 is 0 Å². The first-order valence-electron chi connectivity index (χ1n) is 5.93. The van der Waals surface area contributed by atoms with Crippen molar-refractivity contribution < 1.29 is 17.7 Å². The summed E-state index contributed by atoms with van der Waals surface area (Å²) in [4.78, 5) is 11.9. The zero-order valence-corrected chi connectivity index (χ0v) is 12.2. The molecule has 1 aromatic heterocycles. The lowest BCUT2D eigenvalue weighted by Gasteiger charge is -2.39. The van der Waals surface area contributed by atoms with E-state index in [1.807, 2.05) is 0 Å². The predicted molar refractivity (Wildman–Crippen MR) is 67.0 cm³/mol. The van der Waals surface area contributed by atoms with Gasteiger partial charge in [0.2, 0.25) is 15.9 Å². The van der Waals surface area contributed by atoms with Crippen LogP contribution in [0.5, 0.6) is 0 Å². The first-order chi connectivity index (χ1) is 8.69. The maximum atomic E-state index is 12.7. The molecule has 2 rings (SSSR count). The zero-order valence-electron chi connectivity index (χ0n) is 11.3. The fourth-order valence-electron chi connectivity index (χ4n) is 2.25. The third-order valence-electron chi connectivity index (χ3n) is 3.30. The van der Waals surface area contributed by atoms with E-state index in [1.165, 1.54) is 4.31 Å². The van der Waals surface area contributed by atoms with Crippen molar-refractivity contribution in [1.82, 2.24) is 14.8 Å². The van der Waals surface area contributed by atoms with E-state index >= 15 is 0 Å². The number of aromatic nitrogens is 1. The Kier molecular flexibility index (Phi) is 3.18. The van der Waals surface area contributed by atoms with E-state index in [-0.39, 0.29) is 23.1 Å². The molecule has 1 aliphatic rings. The summed E-state index contributed by atoms with van der Waals surface area (Å²) in [6, 6.07) is 0. The minimum atomic E-state index is -3.80. The topological polar surface area (TPSA) is 92.5 Å². The molecule has 1 fully saturated rings. The normalized spacial score (nSPS) is 20.3. The van der Waals surface area contributed by atoms with E-state index in [4.69, 9.17) is 4.52 Å². The van der Waals surface area contributed by atoms with Crippen molar-refractivity contribution in [2.45, 2.75) is 38.1 Å². The van der Waals surface area contributed by atoms with Gasteiger partial charge in [0.1, 0.15) is 16.1 Å². The van der Waals surface area contributed by atoms with E-state index in [9.17, 15) is 13.2 Å². The molecule has 1 saturated heterocycles. The maximum absolute atomic E-state index is 12.7. The van der Waals surface area contributed by atoms with Crippen LogP contribution >= 0.6 is 0 Å². The van der Waals surface area contributed by atoms with Crippen molar-refractivity contribution in [2.75, 3.05) is 13.1 Å². The predicted octanol–water partition coefficient (Wildman–Crippen LogP) is 0.191. The number of hydrogen-bond donors (Lipinski definition) is 1. The van der Waals surface area contributed by atoms with Gasteiger partial charge in [-0.1, -0.05) is 5.16 Å². The number of rotatable bonds is 2. The molecule has 0 saturated carbocycles. The summed E-state index contributed by atoms with van der Waals surface area (Å²) >= 11 is 0. The molecule has 1 N–H and O–H groups in total. The Morgan fingerprint density at radius 1 is 1.37 bits per heavy atom. The van der Waals surface area contributed by atoms with E-state index in [0.717, 1.165) is 0 Å². The fraction of sp³-hybridized carbons (Fsp3) is 0.636. The molecule has 1 aliphatic heterocycles. The van der Waals surface area contributed by atoms with Crippen molar-refractivity contribution in [1.29, 1.82) is 0 Å². The zero-order chi connectivity index (χ0) is 14.4. The molecule has 0 atom stereocenters. The Hall–Kier alpha value is -1.41. The van der Waals surface area contributed by atoms with Gasteiger partial charge < -0.3 is 9.84 Å². The molecular formula is C11H17N3O4S. The van der Waals surface area contributed by atoms with Gasteiger partial charge in [-0.25, -0.2) is 8.42 Å². The second kappa shape index (κ2) is 4.31. The highest BCUT2D eigenvalue weighted by atomic mass is 32.2. The van der Waals surface area contributed by atoms with Gasteiger partial charge in [0.05, 0.1) is 0 Å². The Bertz CT molecular complexity index is 598. The quantitative estimate of drug-likeness (QED) is 0.838. The second-order valence-corrected chi connectivity index (χ2v) is 6.84. The highest BCUT2D eigenvalue weighted by Crippen LogP contribution is 2.29. The lowest BCUT2D eigenvalue weighted by molar-refractivity contribution is -0.131. The van der Waals surface area contributed by atoms with Crippen LogP contribution in [-0.4, -0.2) is 42.4 Å². The molecule has 0 bridgehead atoms. The minimum absolute atomic E-state index is 0.0512. The standard InChI is InChI=1S/C11H17N3O4S/c1-7-9(8(2)18-13-7)19(16,17)14-6-5-12-10(15)11(14,3)4/h5-6H2,1-4H3,(H,12,15). The summed E-state index contributed by atoms with van der Waals surface area (Å²) in [5.74, 6) is -0.0756. The number of aryl methyl sites for hydroxylation is 2. The summed E-state index contributed by atoms with van der Waals surface area (Å²) in [5.41, 5.74) is -0.827. The average molecular weight is 287 g/mol. The van der Waals surface area contributed by atoms with E-state index in [0.29, 0.717) is 12.2 Å². The summed E-state index contributed by atoms with van der Waals surface area (Å²) in [6.07, 6.45) is 0. The van der Waals surface area contributed by atoms with E-state index in [2.05, 4.69) is 10.5 Å². The largest absolute Gasteiger partial charge is 0.360 e. The number of amides is 1. The van der Waals surface area contributed by atoms with Crippen molar-refractivity contribution in [3.63, 3.8) is 0 Å². The van der Waals surface area contributed by atoms with Crippen LogP contribution in [0.2, 0.25) is 0 Å². The molecule has 1 amide bonds. The Morgan fingerprint density at radius 2 is 2.00 bits per heavy atom. The van der Waals surface area contributed by atoms with Crippen LogP contribution in [0.15, 0.2) is 9.42 Å². The van der Waals surface area contributed by atoms with Gasteiger partial charge in [-0.2, -0.15) is 4.31 Å². The van der Waals surface area contributed by atoms with Gasteiger partial charge in [-0.05, 0) is 27.7 Å². The number of carbonyl (C=O) groups is 1. The fourth-order valence-corrected chi connectivity index (χ4v) is 4.30. The van der Waals surface area contributed by atoms with Crippen molar-refractivity contribution in [2.24, 2.45) is 0 Å². The molecule has 0 radical (unpaired) electrons. The molecule has 2 heterocycles. The number of hydrogen-bond acceptors (Lipinski definition) is 5. The van der Waals surface area contributed by atoms with Crippen LogP contribution < -0.4 is 5.32 Å². The summed E-state index contributed by atoms with van der Waals surface area (Å²) in [5, 5.41) is 6.33. The van der Waals surface area contributed by atoms with Crippen LogP contribution in [0.4, 0.5) is 0 Å². The highest BCUT2D eigenvalue weighted by molar-refractivity contribution is 7.89. The molecule has 8 heteroatoms. The first-order valence-corrected chi connectivity index (χ1v) is 7.37. The average Bonchev–Trinajstić information content (AvgIpc) is 2.62. The van der Waals surface area contributed by atoms with Crippen LogP contribution in [0, 0.1) is 13.8 Å². The SMILES string of the molecule is Cc1noc(C)c1S(=O)(=O)N1CCNC(=O)C1(C)C. The van der Waals surface area contributed by atoms with Gasteiger partial charge in [0, 0.05) is 13.1 Å². The summed E-state index contributed by atoms with van der Waals surface area (Å²) < 4.78 is 31.5. The lowest BCUT2D eigenvalue weighted by Crippen LogP contribution is -2.63. The summed E-state index contributed by atoms with van der Waals surface area (Å²) in [7, 11) is -3.80. The van der Waals surface area contributed by atoms with E-state index in [1.54, 1.807) is 27.7 Å². The number of carbonyl (C=O) groups excluding carboxylic acids is 1. The summed E-state index contributed by atoms with van der Waals surface area (Å²) in [6.45, 7) is 6.80. The maximum Gasteiger partial charge on any atom is 0.249 e. The van der Waals surface area contributed by atoms with Crippen molar-refractivity contribution in [3.05, 3.63) is 11.5 Å². The monoisotopic (exact) mass is 287 g/mol. The Labute approximate surface area is 112 Å². The van der Waals surface area contributed by atoms with Gasteiger partial charge in [0.15, 0.2) is 5.76 Å². The van der Waals surface area contributed by atoms with Crippen LogP contribution in [-0.2, 0) is 14.8 Å². The lowest BCUT2D eigenvalue weighted by atomic mass is 10.0. The molecule has 19 heavy (non-hydrogen) atoms. The van der Waals surface area contributed by atoms with Crippen molar-refractivity contribution >= 4 is 15.9 Å². The molecule has 1 aromatic rings. The van der Waals surface area contributed by atoms with Gasteiger partial charge in [0.25, 0.3) is 0 Å². The molecule has 0 spiro atoms. The molecular weight excluding hydrogens is 270 g/mol. The molecule has 0 unspecified atom stereocenters. The number of sulfonamides is 1. The third-order valence-corrected chi connectivity index (χ3v) is 5.61. The second-order valence-electron chi connectivity index (χ2n) is 5.05. The minimum Gasteiger partial charge on any atom is -0.360 e. The number of nitrogens with one attached hydrogen (secondary N) is 1. The molecule has 106 valence electrons. The third kappa shape index (κ3) is 2.04. The van der Waals surface area contributed by atoms with Crippen LogP contribution in [0.3, 0.4) is 0 Å². The van der Waals surface area contributed by atoms with Crippen LogP contribution in [0.1, 0.15) is 25.3 Å². The van der Waals surface area contributed by atoms with Gasteiger partial charge in [-0.15, -0.1) is 0 Å². The number of nitrogens with zero attached hydrogens (tertiary/aromatic N) is 2. The Balaban J connectivity index is 2.54. The number of piperazine rings is 1.